The van der Waals surface area contributed by atoms with Gasteiger partial charge in [-0.25, -0.2) is 0 Å². The second kappa shape index (κ2) is 5.38. The van der Waals surface area contributed by atoms with Crippen molar-refractivity contribution >= 4 is 29.0 Å². The van der Waals surface area contributed by atoms with E-state index in [2.05, 4.69) is 0 Å². The summed E-state index contributed by atoms with van der Waals surface area (Å²) >= 11 is 11.8. The first kappa shape index (κ1) is 12.3. The molecule has 0 heterocycles. The lowest BCUT2D eigenvalue weighted by molar-refractivity contribution is 0.0981. The fourth-order valence-electron chi connectivity index (χ4n) is 1.26. The summed E-state index contributed by atoms with van der Waals surface area (Å²) in [5.41, 5.74) is 0.472. The second-order valence-corrected chi connectivity index (χ2v) is 3.95. The molecule has 0 aliphatic carbocycles. The van der Waals surface area contributed by atoms with Crippen molar-refractivity contribution in [3.05, 3.63) is 27.7 Å². The molecule has 0 unspecified atom stereocenters. The Morgan fingerprint density at radius 1 is 1.33 bits per heavy atom. The van der Waals surface area contributed by atoms with Crippen molar-refractivity contribution in [3.63, 3.8) is 0 Å². The largest absolute Gasteiger partial charge is 0.495 e. The zero-order valence-electron chi connectivity index (χ0n) is 8.64. The zero-order chi connectivity index (χ0) is 11.4. The number of carbonyl (C=O) groups excluding carboxylic acids is 1. The number of ether oxygens (including phenoxy) is 1. The van der Waals surface area contributed by atoms with E-state index in [1.807, 2.05) is 6.92 Å². The summed E-state index contributed by atoms with van der Waals surface area (Å²) in [5, 5.41) is 0.787. The number of halogens is 2. The minimum atomic E-state index is 0.0115. The minimum absolute atomic E-state index is 0.0115. The predicted octanol–water partition coefficient (Wildman–Crippen LogP) is 3.98. The van der Waals surface area contributed by atoms with Gasteiger partial charge < -0.3 is 4.74 Å². The van der Waals surface area contributed by atoms with Crippen molar-refractivity contribution < 1.29 is 9.53 Å². The quantitative estimate of drug-likeness (QED) is 0.752. The number of methoxy groups -OCH3 is 1. The van der Waals surface area contributed by atoms with Crippen LogP contribution in [0.4, 0.5) is 0 Å². The average Bonchev–Trinajstić information content (AvgIpc) is 2.18. The van der Waals surface area contributed by atoms with Gasteiger partial charge in [-0.3, -0.25) is 4.79 Å². The number of carbonyl (C=O) groups is 1. The van der Waals surface area contributed by atoms with Crippen LogP contribution < -0.4 is 4.74 Å². The molecule has 1 aromatic rings. The van der Waals surface area contributed by atoms with Crippen molar-refractivity contribution in [1.29, 1.82) is 0 Å². The molecular weight excluding hydrogens is 235 g/mol. The van der Waals surface area contributed by atoms with E-state index in [1.54, 1.807) is 6.07 Å². The standard InChI is InChI=1S/C11H12Cl2O2/c1-3-4-10(14)7-5-11(15-2)9(13)6-8(7)12/h5-6H,3-4H2,1-2H3. The summed E-state index contributed by atoms with van der Waals surface area (Å²) in [6.45, 7) is 1.94. The lowest BCUT2D eigenvalue weighted by Gasteiger charge is -2.07. The van der Waals surface area contributed by atoms with Crippen molar-refractivity contribution in [2.75, 3.05) is 7.11 Å². The summed E-state index contributed by atoms with van der Waals surface area (Å²) in [6, 6.07) is 3.12. The summed E-state index contributed by atoms with van der Waals surface area (Å²) in [6.07, 6.45) is 1.27. The number of rotatable bonds is 4. The zero-order valence-corrected chi connectivity index (χ0v) is 10.2. The summed E-state index contributed by atoms with van der Waals surface area (Å²) in [7, 11) is 1.50. The van der Waals surface area contributed by atoms with Crippen LogP contribution in [0.1, 0.15) is 30.1 Å². The van der Waals surface area contributed by atoms with E-state index in [0.717, 1.165) is 6.42 Å². The van der Waals surface area contributed by atoms with Crippen LogP contribution in [-0.2, 0) is 0 Å². The van der Waals surface area contributed by atoms with Crippen LogP contribution in [0.3, 0.4) is 0 Å². The van der Waals surface area contributed by atoms with Gasteiger partial charge in [0.25, 0.3) is 0 Å². The molecular formula is C11H12Cl2O2. The third-order valence-electron chi connectivity index (χ3n) is 2.02. The Balaban J connectivity index is 3.12. The van der Waals surface area contributed by atoms with Crippen molar-refractivity contribution in [2.45, 2.75) is 19.8 Å². The first-order chi connectivity index (χ1) is 7.10. The lowest BCUT2D eigenvalue weighted by Crippen LogP contribution is -2.00. The number of hydrogen-bond acceptors (Lipinski definition) is 2. The molecule has 0 saturated carbocycles. The molecule has 0 saturated heterocycles. The Hall–Kier alpha value is -0.730. The molecule has 0 amide bonds. The van der Waals surface area contributed by atoms with Crippen LogP contribution in [0.2, 0.25) is 10.0 Å². The van der Waals surface area contributed by atoms with E-state index < -0.39 is 0 Å². The molecule has 0 N–H and O–H groups in total. The molecule has 1 aromatic carbocycles. The predicted molar refractivity (Wildman–Crippen MR) is 62.3 cm³/mol. The number of hydrogen-bond donors (Lipinski definition) is 0. The number of Topliss-reactive ketones (excluding diaryl/α,β-unsaturated/α-hetero) is 1. The van der Waals surface area contributed by atoms with Gasteiger partial charge in [-0.15, -0.1) is 0 Å². The maximum absolute atomic E-state index is 11.7. The Kier molecular flexibility index (Phi) is 4.43. The first-order valence-corrected chi connectivity index (χ1v) is 5.42. The van der Waals surface area contributed by atoms with Gasteiger partial charge in [0.05, 0.1) is 17.2 Å². The molecule has 0 fully saturated rings. The van der Waals surface area contributed by atoms with Crippen molar-refractivity contribution in [1.82, 2.24) is 0 Å². The molecule has 1 rings (SSSR count). The van der Waals surface area contributed by atoms with E-state index in [0.29, 0.717) is 27.8 Å². The minimum Gasteiger partial charge on any atom is -0.495 e. The highest BCUT2D eigenvalue weighted by Gasteiger charge is 2.13. The maximum Gasteiger partial charge on any atom is 0.164 e. The Bertz CT molecular complexity index is 375. The molecule has 15 heavy (non-hydrogen) atoms. The highest BCUT2D eigenvalue weighted by molar-refractivity contribution is 6.37. The van der Waals surface area contributed by atoms with Crippen LogP contribution in [0.15, 0.2) is 12.1 Å². The van der Waals surface area contributed by atoms with Crippen LogP contribution in [0.25, 0.3) is 0 Å². The van der Waals surface area contributed by atoms with Crippen molar-refractivity contribution in [3.8, 4) is 5.75 Å². The lowest BCUT2D eigenvalue weighted by atomic mass is 10.1. The van der Waals surface area contributed by atoms with E-state index in [1.165, 1.54) is 13.2 Å². The molecule has 82 valence electrons. The van der Waals surface area contributed by atoms with E-state index in [4.69, 9.17) is 27.9 Å². The SMILES string of the molecule is CCCC(=O)c1cc(OC)c(Cl)cc1Cl. The monoisotopic (exact) mass is 246 g/mol. The van der Waals surface area contributed by atoms with Crippen LogP contribution in [-0.4, -0.2) is 12.9 Å². The van der Waals surface area contributed by atoms with Gasteiger partial charge in [-0.2, -0.15) is 0 Å². The molecule has 4 heteroatoms. The van der Waals surface area contributed by atoms with Gasteiger partial charge in [-0.1, -0.05) is 30.1 Å². The molecule has 2 nitrogen and oxygen atoms in total. The topological polar surface area (TPSA) is 26.3 Å². The normalized spacial score (nSPS) is 10.1. The highest BCUT2D eigenvalue weighted by Crippen LogP contribution is 2.31. The third-order valence-corrected chi connectivity index (χ3v) is 2.63. The summed E-state index contributed by atoms with van der Waals surface area (Å²) in [5.74, 6) is 0.484. The van der Waals surface area contributed by atoms with Crippen LogP contribution in [0, 0.1) is 0 Å². The van der Waals surface area contributed by atoms with Gasteiger partial charge in [0.15, 0.2) is 5.78 Å². The number of ketones is 1. The molecule has 0 radical (unpaired) electrons. The molecule has 0 bridgehead atoms. The maximum atomic E-state index is 11.7. The smallest absolute Gasteiger partial charge is 0.164 e. The van der Waals surface area contributed by atoms with Gasteiger partial charge in [-0.05, 0) is 18.6 Å². The Labute approximate surface area is 99.1 Å². The molecule has 0 aliphatic rings. The third kappa shape index (κ3) is 2.86. The number of benzene rings is 1. The Morgan fingerprint density at radius 3 is 2.53 bits per heavy atom. The van der Waals surface area contributed by atoms with Crippen LogP contribution in [0.5, 0.6) is 5.75 Å². The summed E-state index contributed by atoms with van der Waals surface area (Å²) < 4.78 is 5.03. The first-order valence-electron chi connectivity index (χ1n) is 4.66. The van der Waals surface area contributed by atoms with Gasteiger partial charge in [0, 0.05) is 12.0 Å². The van der Waals surface area contributed by atoms with Gasteiger partial charge in [0.2, 0.25) is 0 Å². The molecule has 0 aliphatic heterocycles. The van der Waals surface area contributed by atoms with Crippen molar-refractivity contribution in [2.24, 2.45) is 0 Å². The van der Waals surface area contributed by atoms with E-state index >= 15 is 0 Å². The van der Waals surface area contributed by atoms with Gasteiger partial charge >= 0.3 is 0 Å². The van der Waals surface area contributed by atoms with Gasteiger partial charge in [0.1, 0.15) is 5.75 Å². The van der Waals surface area contributed by atoms with E-state index in [9.17, 15) is 4.79 Å². The van der Waals surface area contributed by atoms with Crippen LogP contribution >= 0.6 is 23.2 Å². The summed E-state index contributed by atoms with van der Waals surface area (Å²) in [4.78, 5) is 11.7. The molecule has 0 aromatic heterocycles. The second-order valence-electron chi connectivity index (χ2n) is 3.14. The Morgan fingerprint density at radius 2 is 2.00 bits per heavy atom. The molecule has 0 spiro atoms. The average molecular weight is 247 g/mol. The van der Waals surface area contributed by atoms with E-state index in [-0.39, 0.29) is 5.78 Å². The fraction of sp³-hybridized carbons (Fsp3) is 0.364. The fourth-order valence-corrected chi connectivity index (χ4v) is 1.83. The molecule has 0 atom stereocenters. The highest BCUT2D eigenvalue weighted by atomic mass is 35.5.